The summed E-state index contributed by atoms with van der Waals surface area (Å²) < 4.78 is 0. The van der Waals surface area contributed by atoms with Crippen molar-refractivity contribution in [1.82, 2.24) is 15.2 Å². The van der Waals surface area contributed by atoms with Crippen molar-refractivity contribution in [2.45, 2.75) is 0 Å². The fourth-order valence-electron chi connectivity index (χ4n) is 2.02. The van der Waals surface area contributed by atoms with Crippen LogP contribution in [0.1, 0.15) is 5.56 Å². The quantitative estimate of drug-likeness (QED) is 0.440. The highest BCUT2D eigenvalue weighted by Gasteiger charge is 2.10. The fourth-order valence-corrected chi connectivity index (χ4v) is 2.02. The minimum Gasteiger partial charge on any atom is -0.258 e. The maximum Gasteiger partial charge on any atom is 0.278 e. The minimum atomic E-state index is -0.463. The number of nitrogens with one attached hydrogen (secondary N) is 1. The molecule has 0 fully saturated rings. The Morgan fingerprint density at radius 3 is 2.62 bits per heavy atom. The largest absolute Gasteiger partial charge is 0.278 e. The molecule has 3 rings (SSSR count). The molecule has 2 aromatic carbocycles. The van der Waals surface area contributed by atoms with Gasteiger partial charge < -0.3 is 0 Å². The van der Waals surface area contributed by atoms with Gasteiger partial charge in [0.15, 0.2) is 0 Å². The lowest BCUT2D eigenvalue weighted by atomic mass is 10.2. The van der Waals surface area contributed by atoms with Crippen LogP contribution >= 0.6 is 0 Å². The van der Waals surface area contributed by atoms with Crippen LogP contribution in [0.3, 0.4) is 0 Å². The van der Waals surface area contributed by atoms with Gasteiger partial charge in [0.1, 0.15) is 0 Å². The van der Waals surface area contributed by atoms with Crippen LogP contribution in [0.2, 0.25) is 0 Å². The van der Waals surface area contributed by atoms with Crippen molar-refractivity contribution >= 4 is 17.9 Å². The van der Waals surface area contributed by atoms with Crippen molar-refractivity contribution in [1.29, 1.82) is 0 Å². The predicted molar refractivity (Wildman–Crippen MR) is 89.6 cm³/mol. The molecule has 1 N–H and O–H groups in total. The zero-order valence-electron chi connectivity index (χ0n) is 12.4. The molecule has 1 aromatic heterocycles. The van der Waals surface area contributed by atoms with Crippen LogP contribution in [-0.2, 0) is 0 Å². The van der Waals surface area contributed by atoms with E-state index in [1.54, 1.807) is 24.4 Å². The average Bonchev–Trinajstić information content (AvgIpc) is 2.63. The summed E-state index contributed by atoms with van der Waals surface area (Å²) in [5.41, 5.74) is 4.53. The molecule has 0 aliphatic carbocycles. The number of aromatic nitrogens is 3. The summed E-state index contributed by atoms with van der Waals surface area (Å²) in [6.45, 7) is 0. The first-order chi connectivity index (χ1) is 11.7. The van der Waals surface area contributed by atoms with Crippen molar-refractivity contribution in [3.8, 4) is 11.3 Å². The van der Waals surface area contributed by atoms with E-state index < -0.39 is 4.92 Å². The number of nitrogens with zero attached hydrogens (tertiary/aromatic N) is 5. The van der Waals surface area contributed by atoms with E-state index in [-0.39, 0.29) is 11.6 Å². The SMILES string of the molecule is O=[N+]([O-])c1ccccc1/C=N\Nc1nncc(-c2ccccc2)n1. The highest BCUT2D eigenvalue weighted by atomic mass is 16.6. The molecule has 0 spiro atoms. The first-order valence-corrected chi connectivity index (χ1v) is 7.01. The minimum absolute atomic E-state index is 0.0277. The van der Waals surface area contributed by atoms with E-state index in [2.05, 4.69) is 25.7 Å². The van der Waals surface area contributed by atoms with Gasteiger partial charge in [-0.15, -0.1) is 5.10 Å². The molecule has 0 aliphatic rings. The molecular formula is C16H12N6O2. The molecule has 0 atom stereocenters. The summed E-state index contributed by atoms with van der Waals surface area (Å²) in [5, 5.41) is 22.6. The Morgan fingerprint density at radius 2 is 1.83 bits per heavy atom. The Kier molecular flexibility index (Phi) is 4.47. The molecule has 1 heterocycles. The lowest BCUT2D eigenvalue weighted by Crippen LogP contribution is -2.00. The van der Waals surface area contributed by atoms with Crippen molar-refractivity contribution in [2.24, 2.45) is 5.10 Å². The summed E-state index contributed by atoms with van der Waals surface area (Å²) in [6, 6.07) is 15.8. The van der Waals surface area contributed by atoms with E-state index in [1.165, 1.54) is 12.3 Å². The third-order valence-electron chi connectivity index (χ3n) is 3.13. The van der Waals surface area contributed by atoms with Crippen LogP contribution < -0.4 is 5.43 Å². The van der Waals surface area contributed by atoms with E-state index >= 15 is 0 Å². The third-order valence-corrected chi connectivity index (χ3v) is 3.13. The predicted octanol–water partition coefficient (Wildman–Crippen LogP) is 2.89. The topological polar surface area (TPSA) is 106 Å². The van der Waals surface area contributed by atoms with E-state index in [4.69, 9.17) is 0 Å². The standard InChI is InChI=1S/C16H12N6O2/c23-22(24)15-9-5-4-8-13(15)10-17-20-16-19-14(11-18-21-16)12-6-2-1-3-7-12/h1-11H,(H,19,20,21)/b17-10-. The molecule has 8 nitrogen and oxygen atoms in total. The molecule has 3 aromatic rings. The molecule has 24 heavy (non-hydrogen) atoms. The summed E-state index contributed by atoms with van der Waals surface area (Å²) in [6.07, 6.45) is 2.89. The number of hydrazone groups is 1. The summed E-state index contributed by atoms with van der Waals surface area (Å²) in [4.78, 5) is 14.8. The first-order valence-electron chi connectivity index (χ1n) is 7.01. The second kappa shape index (κ2) is 7.05. The van der Waals surface area contributed by atoms with Gasteiger partial charge in [0.25, 0.3) is 11.6 Å². The number of para-hydroxylation sites is 1. The smallest absolute Gasteiger partial charge is 0.258 e. The zero-order chi connectivity index (χ0) is 16.8. The Morgan fingerprint density at radius 1 is 1.08 bits per heavy atom. The summed E-state index contributed by atoms with van der Waals surface area (Å²) >= 11 is 0. The normalized spacial score (nSPS) is 10.7. The van der Waals surface area contributed by atoms with Gasteiger partial charge in [0, 0.05) is 11.6 Å². The van der Waals surface area contributed by atoms with E-state index in [1.807, 2.05) is 30.3 Å². The number of nitro benzene ring substituents is 1. The lowest BCUT2D eigenvalue weighted by Gasteiger charge is -2.02. The molecule has 0 aliphatic heterocycles. The number of rotatable bonds is 5. The van der Waals surface area contributed by atoms with Gasteiger partial charge in [-0.1, -0.05) is 42.5 Å². The van der Waals surface area contributed by atoms with Gasteiger partial charge in [-0.2, -0.15) is 10.2 Å². The number of anilines is 1. The van der Waals surface area contributed by atoms with Gasteiger partial charge in [0.2, 0.25) is 0 Å². The second-order valence-electron chi connectivity index (χ2n) is 4.72. The molecule has 0 bridgehead atoms. The number of benzene rings is 2. The van der Waals surface area contributed by atoms with Crippen molar-refractivity contribution in [3.05, 3.63) is 76.5 Å². The summed E-state index contributed by atoms with van der Waals surface area (Å²) in [7, 11) is 0. The average molecular weight is 320 g/mol. The fraction of sp³-hybridized carbons (Fsp3) is 0. The Labute approximate surface area is 137 Å². The number of hydrogen-bond donors (Lipinski definition) is 1. The molecule has 8 heteroatoms. The van der Waals surface area contributed by atoms with Crippen molar-refractivity contribution in [2.75, 3.05) is 5.43 Å². The zero-order valence-corrected chi connectivity index (χ0v) is 12.4. The molecule has 0 saturated carbocycles. The Balaban J connectivity index is 1.77. The van der Waals surface area contributed by atoms with Gasteiger partial charge in [-0.3, -0.25) is 10.1 Å². The van der Waals surface area contributed by atoms with Gasteiger partial charge in [-0.05, 0) is 6.07 Å². The van der Waals surface area contributed by atoms with Crippen molar-refractivity contribution in [3.63, 3.8) is 0 Å². The third kappa shape index (κ3) is 3.55. The first kappa shape index (κ1) is 15.2. The molecule has 0 amide bonds. The van der Waals surface area contributed by atoms with E-state index in [0.29, 0.717) is 11.3 Å². The Bertz CT molecular complexity index is 883. The van der Waals surface area contributed by atoms with Crippen LogP contribution in [0.4, 0.5) is 11.6 Å². The molecule has 0 unspecified atom stereocenters. The van der Waals surface area contributed by atoms with E-state index in [9.17, 15) is 10.1 Å². The number of nitro groups is 1. The molecule has 118 valence electrons. The number of hydrogen-bond acceptors (Lipinski definition) is 7. The molecular weight excluding hydrogens is 308 g/mol. The second-order valence-corrected chi connectivity index (χ2v) is 4.72. The van der Waals surface area contributed by atoms with Crippen LogP contribution in [0.5, 0.6) is 0 Å². The van der Waals surface area contributed by atoms with Crippen molar-refractivity contribution < 1.29 is 4.92 Å². The Hall–Kier alpha value is -3.68. The monoisotopic (exact) mass is 320 g/mol. The molecule has 0 saturated heterocycles. The van der Waals surface area contributed by atoms with Gasteiger partial charge in [0.05, 0.1) is 28.6 Å². The lowest BCUT2D eigenvalue weighted by molar-refractivity contribution is -0.385. The van der Waals surface area contributed by atoms with E-state index in [0.717, 1.165) is 5.56 Å². The van der Waals surface area contributed by atoms with Crippen LogP contribution in [0, 0.1) is 10.1 Å². The highest BCUT2D eigenvalue weighted by Crippen LogP contribution is 2.17. The van der Waals surface area contributed by atoms with Crippen LogP contribution in [0.15, 0.2) is 65.9 Å². The maximum absolute atomic E-state index is 10.9. The van der Waals surface area contributed by atoms with Crippen LogP contribution in [-0.4, -0.2) is 26.3 Å². The molecule has 0 radical (unpaired) electrons. The summed E-state index contributed by atoms with van der Waals surface area (Å²) in [5.74, 6) is 0.200. The van der Waals surface area contributed by atoms with Gasteiger partial charge >= 0.3 is 0 Å². The van der Waals surface area contributed by atoms with Gasteiger partial charge in [-0.25, -0.2) is 10.4 Å². The van der Waals surface area contributed by atoms with Crippen LogP contribution in [0.25, 0.3) is 11.3 Å². The maximum atomic E-state index is 10.9. The highest BCUT2D eigenvalue weighted by molar-refractivity contribution is 5.85.